The van der Waals surface area contributed by atoms with Crippen LogP contribution in [-0.2, 0) is 0 Å². The third kappa shape index (κ3) is 0.855. The second-order valence-corrected chi connectivity index (χ2v) is 3.03. The molecule has 1 radical (unpaired) electrons. The predicted octanol–water partition coefficient (Wildman–Crippen LogP) is 2.75. The topological polar surface area (TPSA) is 26.5 Å². The lowest BCUT2D eigenvalue weighted by molar-refractivity contribution is 1.28. The highest BCUT2D eigenvalue weighted by molar-refractivity contribution is 6.04. The van der Waals surface area contributed by atoms with Crippen LogP contribution in [0.1, 0.15) is 0 Å². The minimum atomic E-state index is 1.02. The number of hydrogen-bond acceptors (Lipinski definition) is 1. The van der Waals surface area contributed by atoms with E-state index in [9.17, 15) is 0 Å². The molecule has 0 aliphatic carbocycles. The molecule has 13 heavy (non-hydrogen) atoms. The van der Waals surface area contributed by atoms with E-state index in [2.05, 4.69) is 22.4 Å². The van der Waals surface area contributed by atoms with Gasteiger partial charge in [-0.3, -0.25) is 0 Å². The zero-order chi connectivity index (χ0) is 8.67. The molecule has 0 saturated heterocycles. The van der Waals surface area contributed by atoms with Gasteiger partial charge >= 0.3 is 0 Å². The lowest BCUT2D eigenvalue weighted by Crippen LogP contribution is -1.97. The fourth-order valence-corrected chi connectivity index (χ4v) is 1.67. The Bertz CT molecular complexity index is 495. The molecule has 2 aromatic rings. The van der Waals surface area contributed by atoms with Crippen molar-refractivity contribution in [1.29, 1.82) is 0 Å². The number of rotatable bonds is 0. The van der Waals surface area contributed by atoms with Crippen LogP contribution in [0.25, 0.3) is 10.8 Å². The first-order valence-corrected chi connectivity index (χ1v) is 4.20. The van der Waals surface area contributed by atoms with Crippen LogP contribution in [0.3, 0.4) is 0 Å². The molecule has 1 aliphatic heterocycles. The zero-order valence-corrected chi connectivity index (χ0v) is 6.94. The first-order chi connectivity index (χ1) is 6.45. The first-order valence-electron chi connectivity index (χ1n) is 4.20. The molecule has 2 aromatic carbocycles. The Morgan fingerprint density at radius 3 is 2.46 bits per heavy atom. The Hall–Kier alpha value is -1.83. The van der Waals surface area contributed by atoms with E-state index >= 15 is 0 Å². The summed E-state index contributed by atoms with van der Waals surface area (Å²) in [5.41, 5.74) is 2.03. The molecular formula is C11H7N2. The van der Waals surface area contributed by atoms with Gasteiger partial charge < -0.3 is 0 Å². The maximum Gasteiger partial charge on any atom is 0.116 e. The molecule has 2 nitrogen and oxygen atoms in total. The molecule has 0 aromatic heterocycles. The normalized spacial score (nSPS) is 12.9. The fourth-order valence-electron chi connectivity index (χ4n) is 1.67. The van der Waals surface area contributed by atoms with E-state index in [0.717, 1.165) is 16.8 Å². The van der Waals surface area contributed by atoms with E-state index < -0.39 is 0 Å². The highest BCUT2D eigenvalue weighted by atomic mass is 15.0. The molecule has 0 atom stereocenters. The number of benzene rings is 2. The fraction of sp³-hybridized carbons (Fsp3) is 0. The molecule has 0 N–H and O–H groups in total. The summed E-state index contributed by atoms with van der Waals surface area (Å²) in [5, 5.41) is 6.58. The van der Waals surface area contributed by atoms with E-state index in [1.54, 1.807) is 6.34 Å². The van der Waals surface area contributed by atoms with E-state index in [1.165, 1.54) is 5.39 Å². The summed E-state index contributed by atoms with van der Waals surface area (Å²) in [7, 11) is 0. The average molecular weight is 167 g/mol. The molecule has 0 fully saturated rings. The van der Waals surface area contributed by atoms with Gasteiger partial charge in [0.1, 0.15) is 6.34 Å². The average Bonchev–Trinajstić information content (AvgIpc) is 2.19. The first kappa shape index (κ1) is 6.66. The van der Waals surface area contributed by atoms with Gasteiger partial charge in [0.2, 0.25) is 0 Å². The third-order valence-corrected chi connectivity index (χ3v) is 2.25. The number of hydrogen-bond donors (Lipinski definition) is 0. The molecule has 1 aliphatic rings. The van der Waals surface area contributed by atoms with Crippen LogP contribution < -0.4 is 5.32 Å². The maximum absolute atomic E-state index is 4.22. The quantitative estimate of drug-likeness (QED) is 0.576. The Morgan fingerprint density at radius 2 is 1.62 bits per heavy atom. The summed E-state index contributed by atoms with van der Waals surface area (Å²) in [6.07, 6.45) is 1.61. The third-order valence-electron chi connectivity index (χ3n) is 2.25. The monoisotopic (exact) mass is 167 g/mol. The molecule has 0 unspecified atom stereocenters. The van der Waals surface area contributed by atoms with Crippen LogP contribution >= 0.6 is 0 Å². The van der Waals surface area contributed by atoms with Crippen molar-refractivity contribution in [1.82, 2.24) is 5.32 Å². The number of nitrogens with zero attached hydrogens (tertiary/aromatic N) is 2. The Morgan fingerprint density at radius 1 is 0.846 bits per heavy atom. The molecule has 1 heterocycles. The van der Waals surface area contributed by atoms with Crippen molar-refractivity contribution in [2.75, 3.05) is 0 Å². The molecule has 0 saturated carbocycles. The standard InChI is InChI=1S/C11H7N2/c1-3-8-4-2-6-10-11(8)9(5-1)12-7-13-10/h1-7H. The van der Waals surface area contributed by atoms with Crippen LogP contribution in [0.2, 0.25) is 0 Å². The lowest BCUT2D eigenvalue weighted by atomic mass is 10.1. The summed E-state index contributed by atoms with van der Waals surface area (Å²) in [4.78, 5) is 4.22. The molecule has 2 heteroatoms. The van der Waals surface area contributed by atoms with Crippen molar-refractivity contribution in [3.63, 3.8) is 0 Å². The molecule has 61 valence electrons. The molecular weight excluding hydrogens is 160 g/mol. The Labute approximate surface area is 75.9 Å². The van der Waals surface area contributed by atoms with E-state index in [0.29, 0.717) is 0 Å². The molecule has 0 spiro atoms. The van der Waals surface area contributed by atoms with Gasteiger partial charge in [0.25, 0.3) is 0 Å². The minimum absolute atomic E-state index is 1.02. The van der Waals surface area contributed by atoms with Crippen molar-refractivity contribution >= 4 is 28.5 Å². The smallest absolute Gasteiger partial charge is 0.116 e. The Kier molecular flexibility index (Phi) is 1.19. The summed E-state index contributed by atoms with van der Waals surface area (Å²) in [6.45, 7) is 0. The van der Waals surface area contributed by atoms with Gasteiger partial charge in [-0.1, -0.05) is 24.3 Å². The van der Waals surface area contributed by atoms with Gasteiger partial charge in [-0.2, -0.15) is 0 Å². The largest absolute Gasteiger partial charge is 0.236 e. The molecule has 0 amide bonds. The SMILES string of the molecule is C1=Nc2cccc3cccc(c23)[N]1. The summed E-state index contributed by atoms with van der Waals surface area (Å²) < 4.78 is 0. The highest BCUT2D eigenvalue weighted by Gasteiger charge is 2.08. The minimum Gasteiger partial charge on any atom is -0.236 e. The van der Waals surface area contributed by atoms with Gasteiger partial charge in [0.05, 0.1) is 11.4 Å². The van der Waals surface area contributed by atoms with Crippen LogP contribution in [-0.4, -0.2) is 6.34 Å². The van der Waals surface area contributed by atoms with Crippen molar-refractivity contribution < 1.29 is 0 Å². The van der Waals surface area contributed by atoms with Crippen LogP contribution in [0.15, 0.2) is 41.4 Å². The van der Waals surface area contributed by atoms with Crippen molar-refractivity contribution in [2.45, 2.75) is 0 Å². The van der Waals surface area contributed by atoms with Crippen LogP contribution in [0, 0.1) is 0 Å². The van der Waals surface area contributed by atoms with Gasteiger partial charge in [-0.25, -0.2) is 10.3 Å². The van der Waals surface area contributed by atoms with Gasteiger partial charge in [-0.05, 0) is 17.5 Å². The van der Waals surface area contributed by atoms with Crippen LogP contribution in [0.4, 0.5) is 11.4 Å². The molecule has 3 rings (SSSR count). The molecule has 0 bridgehead atoms. The highest BCUT2D eigenvalue weighted by Crippen LogP contribution is 2.34. The van der Waals surface area contributed by atoms with Gasteiger partial charge in [0, 0.05) is 5.39 Å². The van der Waals surface area contributed by atoms with Crippen molar-refractivity contribution in [3.05, 3.63) is 36.4 Å². The lowest BCUT2D eigenvalue weighted by Gasteiger charge is -2.10. The van der Waals surface area contributed by atoms with Crippen molar-refractivity contribution in [2.24, 2.45) is 4.99 Å². The van der Waals surface area contributed by atoms with E-state index in [4.69, 9.17) is 0 Å². The van der Waals surface area contributed by atoms with Crippen molar-refractivity contribution in [3.8, 4) is 0 Å². The van der Waals surface area contributed by atoms with Gasteiger partial charge in [0.15, 0.2) is 0 Å². The summed E-state index contributed by atoms with van der Waals surface area (Å²) in [6, 6.07) is 12.2. The van der Waals surface area contributed by atoms with E-state index in [-0.39, 0.29) is 0 Å². The second kappa shape index (κ2) is 2.33. The second-order valence-electron chi connectivity index (χ2n) is 3.03. The number of aliphatic imine (C=N–C) groups is 1. The van der Waals surface area contributed by atoms with Crippen LogP contribution in [0.5, 0.6) is 0 Å². The summed E-state index contributed by atoms with van der Waals surface area (Å²) in [5.74, 6) is 0. The zero-order valence-electron chi connectivity index (χ0n) is 6.94. The maximum atomic E-state index is 4.22. The van der Waals surface area contributed by atoms with E-state index in [1.807, 2.05) is 24.3 Å². The predicted molar refractivity (Wildman–Crippen MR) is 53.9 cm³/mol. The summed E-state index contributed by atoms with van der Waals surface area (Å²) >= 11 is 0. The Balaban J connectivity index is 2.56. The van der Waals surface area contributed by atoms with Gasteiger partial charge in [-0.15, -0.1) is 0 Å².